The number of ether oxygens (including phenoxy) is 1. The molecular weight excluding hydrogens is 228 g/mol. The Labute approximate surface area is 106 Å². The first-order valence-corrected chi connectivity index (χ1v) is 5.75. The van der Waals surface area contributed by atoms with Crippen LogP contribution in [0.15, 0.2) is 48.7 Å². The van der Waals surface area contributed by atoms with Crippen molar-refractivity contribution < 1.29 is 9.53 Å². The average molecular weight is 242 g/mol. The number of benzene rings is 1. The Morgan fingerprint density at radius 3 is 2.89 bits per heavy atom. The summed E-state index contributed by atoms with van der Waals surface area (Å²) < 4.78 is 4.95. The van der Waals surface area contributed by atoms with Gasteiger partial charge in [-0.05, 0) is 37.3 Å². The number of carbonyl (C=O) groups is 1. The van der Waals surface area contributed by atoms with Gasteiger partial charge in [-0.2, -0.15) is 0 Å². The van der Waals surface area contributed by atoms with Gasteiger partial charge in [0.25, 0.3) is 0 Å². The predicted octanol–water partition coefficient (Wildman–Crippen LogP) is 3.00. The van der Waals surface area contributed by atoms with Crippen LogP contribution in [-0.4, -0.2) is 17.6 Å². The maximum atomic E-state index is 11.6. The lowest BCUT2D eigenvalue weighted by molar-refractivity contribution is 0.0526. The quantitative estimate of drug-likeness (QED) is 0.837. The van der Waals surface area contributed by atoms with E-state index in [2.05, 4.69) is 10.3 Å². The van der Waals surface area contributed by atoms with Crippen LogP contribution in [0.5, 0.6) is 0 Å². The van der Waals surface area contributed by atoms with Crippen LogP contribution in [0.4, 0.5) is 11.5 Å². The van der Waals surface area contributed by atoms with Crippen LogP contribution in [0.1, 0.15) is 17.3 Å². The van der Waals surface area contributed by atoms with E-state index in [4.69, 9.17) is 4.74 Å². The van der Waals surface area contributed by atoms with Gasteiger partial charge in [0.15, 0.2) is 0 Å². The van der Waals surface area contributed by atoms with Crippen LogP contribution in [0.25, 0.3) is 0 Å². The highest BCUT2D eigenvalue weighted by Crippen LogP contribution is 2.16. The molecule has 0 bridgehead atoms. The van der Waals surface area contributed by atoms with E-state index in [1.165, 1.54) is 0 Å². The van der Waals surface area contributed by atoms with Gasteiger partial charge < -0.3 is 10.1 Å². The molecule has 0 aliphatic rings. The lowest BCUT2D eigenvalue weighted by atomic mass is 10.2. The van der Waals surface area contributed by atoms with Crippen molar-refractivity contribution in [2.75, 3.05) is 11.9 Å². The van der Waals surface area contributed by atoms with Crippen LogP contribution in [0.2, 0.25) is 0 Å². The molecule has 0 fully saturated rings. The first-order valence-electron chi connectivity index (χ1n) is 5.75. The van der Waals surface area contributed by atoms with Crippen LogP contribution in [0, 0.1) is 0 Å². The SMILES string of the molecule is CCOC(=O)c1cccc(Nc2ccccn2)c1. The van der Waals surface area contributed by atoms with E-state index in [1.54, 1.807) is 31.3 Å². The van der Waals surface area contributed by atoms with Crippen molar-refractivity contribution in [3.05, 3.63) is 54.2 Å². The second-order valence-corrected chi connectivity index (χ2v) is 3.64. The standard InChI is InChI=1S/C14H14N2O2/c1-2-18-14(17)11-6-5-7-12(10-11)16-13-8-3-4-9-15-13/h3-10H,2H2,1H3,(H,15,16). The molecule has 0 spiro atoms. The average Bonchev–Trinajstić information content (AvgIpc) is 2.40. The van der Waals surface area contributed by atoms with Crippen molar-refractivity contribution in [1.29, 1.82) is 0 Å². The Hall–Kier alpha value is -2.36. The van der Waals surface area contributed by atoms with Gasteiger partial charge in [-0.25, -0.2) is 9.78 Å². The molecule has 0 saturated carbocycles. The largest absolute Gasteiger partial charge is 0.462 e. The third-order valence-electron chi connectivity index (χ3n) is 2.31. The van der Waals surface area contributed by atoms with Gasteiger partial charge in [-0.3, -0.25) is 0 Å². The Bertz CT molecular complexity index is 526. The highest BCUT2D eigenvalue weighted by Gasteiger charge is 2.06. The third-order valence-corrected chi connectivity index (χ3v) is 2.31. The van der Waals surface area contributed by atoms with Crippen LogP contribution < -0.4 is 5.32 Å². The Kier molecular flexibility index (Phi) is 3.91. The fourth-order valence-corrected chi connectivity index (χ4v) is 1.52. The van der Waals surface area contributed by atoms with Gasteiger partial charge in [0, 0.05) is 11.9 Å². The summed E-state index contributed by atoms with van der Waals surface area (Å²) in [6, 6.07) is 12.7. The molecule has 0 radical (unpaired) electrons. The van der Waals surface area contributed by atoms with Gasteiger partial charge in [0.05, 0.1) is 12.2 Å². The summed E-state index contributed by atoms with van der Waals surface area (Å²) in [5.41, 5.74) is 1.33. The lowest BCUT2D eigenvalue weighted by Crippen LogP contribution is -2.05. The fraction of sp³-hybridized carbons (Fsp3) is 0.143. The minimum Gasteiger partial charge on any atom is -0.462 e. The van der Waals surface area contributed by atoms with Gasteiger partial charge in [0.2, 0.25) is 0 Å². The smallest absolute Gasteiger partial charge is 0.338 e. The Morgan fingerprint density at radius 2 is 2.17 bits per heavy atom. The number of nitrogens with zero attached hydrogens (tertiary/aromatic N) is 1. The monoisotopic (exact) mass is 242 g/mol. The summed E-state index contributed by atoms with van der Waals surface area (Å²) in [7, 11) is 0. The van der Waals surface area contributed by atoms with E-state index >= 15 is 0 Å². The Morgan fingerprint density at radius 1 is 1.28 bits per heavy atom. The Balaban J connectivity index is 2.15. The summed E-state index contributed by atoms with van der Waals surface area (Å²) >= 11 is 0. The molecule has 0 amide bonds. The summed E-state index contributed by atoms with van der Waals surface area (Å²) in [6.07, 6.45) is 1.71. The summed E-state index contributed by atoms with van der Waals surface area (Å²) in [5, 5.41) is 3.12. The molecule has 4 nitrogen and oxygen atoms in total. The molecule has 1 aromatic carbocycles. The molecular formula is C14H14N2O2. The number of pyridine rings is 1. The first-order chi connectivity index (χ1) is 8.79. The number of esters is 1. The highest BCUT2D eigenvalue weighted by molar-refractivity contribution is 5.90. The molecule has 2 aromatic rings. The van der Waals surface area contributed by atoms with E-state index in [1.807, 2.05) is 24.3 Å². The molecule has 0 saturated heterocycles. The summed E-state index contributed by atoms with van der Waals surface area (Å²) in [6.45, 7) is 2.16. The molecule has 0 atom stereocenters. The number of hydrogen-bond donors (Lipinski definition) is 1. The van der Waals surface area contributed by atoms with E-state index in [9.17, 15) is 4.79 Å². The van der Waals surface area contributed by atoms with Crippen LogP contribution >= 0.6 is 0 Å². The van der Waals surface area contributed by atoms with Crippen molar-refractivity contribution in [1.82, 2.24) is 4.98 Å². The second-order valence-electron chi connectivity index (χ2n) is 3.64. The number of anilines is 2. The predicted molar refractivity (Wildman–Crippen MR) is 69.9 cm³/mol. The van der Waals surface area contributed by atoms with Crippen molar-refractivity contribution >= 4 is 17.5 Å². The number of nitrogens with one attached hydrogen (secondary N) is 1. The number of aromatic nitrogens is 1. The normalized spacial score (nSPS) is 9.83. The second kappa shape index (κ2) is 5.82. The zero-order chi connectivity index (χ0) is 12.8. The molecule has 0 aliphatic heterocycles. The third kappa shape index (κ3) is 3.07. The topological polar surface area (TPSA) is 51.2 Å². The molecule has 0 aliphatic carbocycles. The molecule has 1 heterocycles. The molecule has 1 aromatic heterocycles. The van der Waals surface area contributed by atoms with Crippen molar-refractivity contribution in [3.8, 4) is 0 Å². The zero-order valence-electron chi connectivity index (χ0n) is 10.1. The highest BCUT2D eigenvalue weighted by atomic mass is 16.5. The van der Waals surface area contributed by atoms with E-state index in [-0.39, 0.29) is 5.97 Å². The van der Waals surface area contributed by atoms with Crippen molar-refractivity contribution in [3.63, 3.8) is 0 Å². The number of carbonyl (C=O) groups excluding carboxylic acids is 1. The molecule has 1 N–H and O–H groups in total. The van der Waals surface area contributed by atoms with E-state index in [0.29, 0.717) is 12.2 Å². The van der Waals surface area contributed by atoms with E-state index in [0.717, 1.165) is 11.5 Å². The minimum absolute atomic E-state index is 0.317. The summed E-state index contributed by atoms with van der Waals surface area (Å²) in [4.78, 5) is 15.7. The molecule has 2 rings (SSSR count). The minimum atomic E-state index is -0.317. The lowest BCUT2D eigenvalue weighted by Gasteiger charge is -2.07. The zero-order valence-corrected chi connectivity index (χ0v) is 10.1. The molecule has 4 heteroatoms. The van der Waals surface area contributed by atoms with Crippen LogP contribution in [-0.2, 0) is 4.74 Å². The maximum absolute atomic E-state index is 11.6. The van der Waals surface area contributed by atoms with Crippen LogP contribution in [0.3, 0.4) is 0 Å². The van der Waals surface area contributed by atoms with Crippen molar-refractivity contribution in [2.45, 2.75) is 6.92 Å². The maximum Gasteiger partial charge on any atom is 0.338 e. The van der Waals surface area contributed by atoms with Gasteiger partial charge in [-0.15, -0.1) is 0 Å². The first kappa shape index (κ1) is 12.1. The molecule has 18 heavy (non-hydrogen) atoms. The summed E-state index contributed by atoms with van der Waals surface area (Å²) in [5.74, 6) is 0.417. The fourth-order valence-electron chi connectivity index (χ4n) is 1.52. The number of hydrogen-bond acceptors (Lipinski definition) is 4. The molecule has 0 unspecified atom stereocenters. The van der Waals surface area contributed by atoms with Gasteiger partial charge in [0.1, 0.15) is 5.82 Å². The van der Waals surface area contributed by atoms with E-state index < -0.39 is 0 Å². The van der Waals surface area contributed by atoms with Gasteiger partial charge >= 0.3 is 5.97 Å². The van der Waals surface area contributed by atoms with Gasteiger partial charge in [-0.1, -0.05) is 12.1 Å². The number of rotatable bonds is 4. The van der Waals surface area contributed by atoms with Crippen molar-refractivity contribution in [2.24, 2.45) is 0 Å². The molecule has 92 valence electrons.